The van der Waals surface area contributed by atoms with E-state index < -0.39 is 0 Å². The summed E-state index contributed by atoms with van der Waals surface area (Å²) in [4.78, 5) is 26.5. The molecular formula is C21H24N2O3. The van der Waals surface area contributed by atoms with Gasteiger partial charge in [-0.25, -0.2) is 0 Å². The number of nitrogens with zero attached hydrogens (tertiary/aromatic N) is 1. The molecule has 0 aliphatic carbocycles. The predicted octanol–water partition coefficient (Wildman–Crippen LogP) is 2.67. The summed E-state index contributed by atoms with van der Waals surface area (Å²) in [5, 5.41) is 2.97. The van der Waals surface area contributed by atoms with E-state index in [0.29, 0.717) is 19.6 Å². The van der Waals surface area contributed by atoms with E-state index >= 15 is 0 Å². The monoisotopic (exact) mass is 352 g/mol. The minimum absolute atomic E-state index is 0.00643. The first-order valence-corrected chi connectivity index (χ1v) is 8.80. The van der Waals surface area contributed by atoms with E-state index in [1.165, 1.54) is 0 Å². The molecule has 3 rings (SSSR count). The molecule has 2 aromatic rings. The SMILES string of the molecule is COc1ccccc1CN1CC(C(=O)NCc2ccccc2C)CC1=O. The molecule has 1 saturated heterocycles. The van der Waals surface area contributed by atoms with Gasteiger partial charge in [0.2, 0.25) is 11.8 Å². The third-order valence-electron chi connectivity index (χ3n) is 4.85. The molecule has 0 bridgehead atoms. The molecule has 5 heteroatoms. The number of para-hydroxylation sites is 1. The van der Waals surface area contributed by atoms with Crippen molar-refractivity contribution in [1.82, 2.24) is 10.2 Å². The highest BCUT2D eigenvalue weighted by molar-refractivity contribution is 5.89. The summed E-state index contributed by atoms with van der Waals surface area (Å²) in [6, 6.07) is 15.6. The number of carbonyl (C=O) groups is 2. The number of aryl methyl sites for hydroxylation is 1. The molecule has 26 heavy (non-hydrogen) atoms. The van der Waals surface area contributed by atoms with Gasteiger partial charge in [-0.1, -0.05) is 42.5 Å². The second-order valence-electron chi connectivity index (χ2n) is 6.63. The Hall–Kier alpha value is -2.82. The minimum Gasteiger partial charge on any atom is -0.496 e. The van der Waals surface area contributed by atoms with Gasteiger partial charge in [0.05, 0.1) is 13.0 Å². The van der Waals surface area contributed by atoms with Crippen molar-refractivity contribution in [2.75, 3.05) is 13.7 Å². The molecule has 5 nitrogen and oxygen atoms in total. The third kappa shape index (κ3) is 4.04. The Morgan fingerprint density at radius 2 is 1.85 bits per heavy atom. The molecule has 1 unspecified atom stereocenters. The topological polar surface area (TPSA) is 58.6 Å². The number of hydrogen-bond donors (Lipinski definition) is 1. The first kappa shape index (κ1) is 18.0. The molecule has 2 amide bonds. The quantitative estimate of drug-likeness (QED) is 0.870. The smallest absolute Gasteiger partial charge is 0.225 e. The van der Waals surface area contributed by atoms with Crippen LogP contribution in [0.2, 0.25) is 0 Å². The number of rotatable bonds is 6. The van der Waals surface area contributed by atoms with Gasteiger partial charge < -0.3 is 15.0 Å². The largest absolute Gasteiger partial charge is 0.496 e. The van der Waals surface area contributed by atoms with Crippen LogP contribution in [0, 0.1) is 12.8 Å². The Kier molecular flexibility index (Phi) is 5.56. The lowest BCUT2D eigenvalue weighted by molar-refractivity contribution is -0.129. The van der Waals surface area contributed by atoms with Gasteiger partial charge in [-0.15, -0.1) is 0 Å². The number of benzene rings is 2. The average molecular weight is 352 g/mol. The Morgan fingerprint density at radius 1 is 1.15 bits per heavy atom. The van der Waals surface area contributed by atoms with Crippen molar-refractivity contribution in [3.8, 4) is 5.75 Å². The molecule has 1 aliphatic rings. The predicted molar refractivity (Wildman–Crippen MR) is 99.5 cm³/mol. The van der Waals surface area contributed by atoms with E-state index in [9.17, 15) is 9.59 Å². The lowest BCUT2D eigenvalue weighted by atomic mass is 10.1. The Morgan fingerprint density at radius 3 is 2.58 bits per heavy atom. The summed E-state index contributed by atoms with van der Waals surface area (Å²) in [5.41, 5.74) is 3.19. The van der Waals surface area contributed by atoms with E-state index in [1.54, 1.807) is 12.0 Å². The number of hydrogen-bond acceptors (Lipinski definition) is 3. The molecule has 0 aromatic heterocycles. The molecule has 0 saturated carbocycles. The summed E-state index contributed by atoms with van der Waals surface area (Å²) in [6.07, 6.45) is 0.259. The fraction of sp³-hybridized carbons (Fsp3) is 0.333. The Bertz CT molecular complexity index is 803. The molecular weight excluding hydrogens is 328 g/mol. The van der Waals surface area contributed by atoms with Crippen LogP contribution in [-0.4, -0.2) is 30.4 Å². The highest BCUT2D eigenvalue weighted by atomic mass is 16.5. The lowest BCUT2D eigenvalue weighted by Gasteiger charge is -2.18. The van der Waals surface area contributed by atoms with Crippen LogP contribution in [0.4, 0.5) is 0 Å². The van der Waals surface area contributed by atoms with Crippen LogP contribution in [0.25, 0.3) is 0 Å². The molecule has 136 valence electrons. The van der Waals surface area contributed by atoms with Gasteiger partial charge in [0.1, 0.15) is 5.75 Å². The molecule has 1 fully saturated rings. The van der Waals surface area contributed by atoms with Crippen molar-refractivity contribution < 1.29 is 14.3 Å². The van der Waals surface area contributed by atoms with Crippen LogP contribution in [0.5, 0.6) is 5.75 Å². The summed E-state index contributed by atoms with van der Waals surface area (Å²) >= 11 is 0. The average Bonchev–Trinajstić information content (AvgIpc) is 3.02. The van der Waals surface area contributed by atoms with E-state index in [-0.39, 0.29) is 24.2 Å². The summed E-state index contributed by atoms with van der Waals surface area (Å²) < 4.78 is 5.35. The van der Waals surface area contributed by atoms with Crippen LogP contribution in [0.15, 0.2) is 48.5 Å². The van der Waals surface area contributed by atoms with Crippen molar-refractivity contribution >= 4 is 11.8 Å². The highest BCUT2D eigenvalue weighted by Gasteiger charge is 2.34. The van der Waals surface area contributed by atoms with Crippen LogP contribution >= 0.6 is 0 Å². The maximum atomic E-state index is 12.5. The molecule has 0 spiro atoms. The fourth-order valence-electron chi connectivity index (χ4n) is 3.27. The molecule has 1 atom stereocenters. The second kappa shape index (κ2) is 8.04. The van der Waals surface area contributed by atoms with E-state index in [4.69, 9.17) is 4.74 Å². The zero-order chi connectivity index (χ0) is 18.5. The van der Waals surface area contributed by atoms with Crippen LogP contribution in [0.3, 0.4) is 0 Å². The maximum absolute atomic E-state index is 12.5. The van der Waals surface area contributed by atoms with Gasteiger partial charge in [-0.3, -0.25) is 9.59 Å². The number of nitrogens with one attached hydrogen (secondary N) is 1. The number of carbonyl (C=O) groups excluding carboxylic acids is 2. The van der Waals surface area contributed by atoms with Crippen molar-refractivity contribution in [2.45, 2.75) is 26.4 Å². The first-order chi connectivity index (χ1) is 12.6. The summed E-state index contributed by atoms with van der Waals surface area (Å²) in [6.45, 7) is 3.42. The van der Waals surface area contributed by atoms with E-state index in [2.05, 4.69) is 5.32 Å². The van der Waals surface area contributed by atoms with Gasteiger partial charge >= 0.3 is 0 Å². The molecule has 1 aliphatic heterocycles. The Labute approximate surface area is 154 Å². The number of likely N-dealkylation sites (tertiary alicyclic amines) is 1. The van der Waals surface area contributed by atoms with Crippen LogP contribution in [-0.2, 0) is 22.7 Å². The van der Waals surface area contributed by atoms with Crippen LogP contribution < -0.4 is 10.1 Å². The van der Waals surface area contributed by atoms with Crippen LogP contribution in [0.1, 0.15) is 23.1 Å². The van der Waals surface area contributed by atoms with Gasteiger partial charge in [0.15, 0.2) is 0 Å². The normalized spacial score (nSPS) is 16.6. The maximum Gasteiger partial charge on any atom is 0.225 e. The lowest BCUT2D eigenvalue weighted by Crippen LogP contribution is -2.32. The highest BCUT2D eigenvalue weighted by Crippen LogP contribution is 2.24. The number of amides is 2. The number of ether oxygens (including phenoxy) is 1. The number of methoxy groups -OCH3 is 1. The zero-order valence-electron chi connectivity index (χ0n) is 15.2. The first-order valence-electron chi connectivity index (χ1n) is 8.80. The molecule has 0 radical (unpaired) electrons. The van der Waals surface area contributed by atoms with Crippen molar-refractivity contribution in [1.29, 1.82) is 0 Å². The van der Waals surface area contributed by atoms with Gasteiger partial charge in [0, 0.05) is 31.6 Å². The van der Waals surface area contributed by atoms with Gasteiger partial charge in [-0.05, 0) is 24.1 Å². The second-order valence-corrected chi connectivity index (χ2v) is 6.63. The minimum atomic E-state index is -0.304. The van der Waals surface area contributed by atoms with Gasteiger partial charge in [0.25, 0.3) is 0 Å². The zero-order valence-corrected chi connectivity index (χ0v) is 15.2. The molecule has 1 heterocycles. The summed E-state index contributed by atoms with van der Waals surface area (Å²) in [5.74, 6) is 0.394. The van der Waals surface area contributed by atoms with Crippen molar-refractivity contribution in [3.05, 3.63) is 65.2 Å². The van der Waals surface area contributed by atoms with Gasteiger partial charge in [-0.2, -0.15) is 0 Å². The fourth-order valence-corrected chi connectivity index (χ4v) is 3.27. The standard InChI is InChI=1S/C21H24N2O3/c1-15-7-3-4-8-16(15)12-22-21(25)18-11-20(24)23(14-18)13-17-9-5-6-10-19(17)26-2/h3-10,18H,11-14H2,1-2H3,(H,22,25). The Balaban J connectivity index is 1.58. The van der Waals surface area contributed by atoms with E-state index in [0.717, 1.165) is 22.4 Å². The van der Waals surface area contributed by atoms with E-state index in [1.807, 2.05) is 55.5 Å². The van der Waals surface area contributed by atoms with Crippen molar-refractivity contribution in [3.63, 3.8) is 0 Å². The summed E-state index contributed by atoms with van der Waals surface area (Å²) in [7, 11) is 1.62. The third-order valence-corrected chi connectivity index (χ3v) is 4.85. The van der Waals surface area contributed by atoms with Crippen molar-refractivity contribution in [2.24, 2.45) is 5.92 Å². The molecule has 1 N–H and O–H groups in total. The molecule has 2 aromatic carbocycles.